The number of hydrogen-bond acceptors (Lipinski definition) is 1. The van der Waals surface area contributed by atoms with Crippen LogP contribution in [0.2, 0.25) is 0 Å². The number of carboxylic acids is 1. The minimum atomic E-state index is -0.681. The minimum Gasteiger partial charge on any atom is -0.481 e. The van der Waals surface area contributed by atoms with Crippen molar-refractivity contribution in [2.24, 2.45) is 17.8 Å². The van der Waals surface area contributed by atoms with Gasteiger partial charge >= 0.3 is 5.97 Å². The van der Waals surface area contributed by atoms with Crippen LogP contribution in [0.25, 0.3) is 0 Å². The summed E-state index contributed by atoms with van der Waals surface area (Å²) in [5, 5.41) is 8.77. The molecule has 68 valence electrons. The molecule has 2 nitrogen and oxygen atoms in total. The second-order valence-corrected chi connectivity index (χ2v) is 3.73. The third kappa shape index (κ3) is 2.10. The number of hydrogen-bond donors (Lipinski definition) is 1. The monoisotopic (exact) mass is 168 g/mol. The summed E-state index contributed by atoms with van der Waals surface area (Å²) in [6.07, 6.45) is 6.34. The quantitative estimate of drug-likeness (QED) is 0.642. The van der Waals surface area contributed by atoms with E-state index in [1.807, 2.05) is 0 Å². The van der Waals surface area contributed by atoms with Crippen molar-refractivity contribution in [3.63, 3.8) is 0 Å². The van der Waals surface area contributed by atoms with Gasteiger partial charge in [-0.1, -0.05) is 26.0 Å². The Kier molecular flexibility index (Phi) is 2.90. The lowest BCUT2D eigenvalue weighted by Crippen LogP contribution is -2.21. The van der Waals surface area contributed by atoms with Gasteiger partial charge in [0.1, 0.15) is 0 Å². The van der Waals surface area contributed by atoms with Crippen LogP contribution in [0.5, 0.6) is 0 Å². The van der Waals surface area contributed by atoms with Crippen molar-refractivity contribution in [1.82, 2.24) is 0 Å². The minimum absolute atomic E-state index is 0.228. The molecular weight excluding hydrogens is 152 g/mol. The van der Waals surface area contributed by atoms with Crippen molar-refractivity contribution in [3.05, 3.63) is 12.2 Å². The third-order valence-corrected chi connectivity index (χ3v) is 2.67. The Morgan fingerprint density at radius 2 is 2.17 bits per heavy atom. The van der Waals surface area contributed by atoms with Crippen molar-refractivity contribution >= 4 is 5.97 Å². The zero-order chi connectivity index (χ0) is 9.14. The molecule has 0 saturated heterocycles. The summed E-state index contributed by atoms with van der Waals surface area (Å²) in [6, 6.07) is 0. The Bertz CT molecular complexity index is 196. The van der Waals surface area contributed by atoms with Gasteiger partial charge in [0.2, 0.25) is 0 Å². The summed E-state index contributed by atoms with van der Waals surface area (Å²) in [5.74, 6) is -0.0334. The number of carbonyl (C=O) groups is 1. The first-order chi connectivity index (χ1) is 5.61. The van der Waals surface area contributed by atoms with Crippen LogP contribution in [0.3, 0.4) is 0 Å². The predicted octanol–water partition coefficient (Wildman–Crippen LogP) is 2.31. The van der Waals surface area contributed by atoms with Crippen molar-refractivity contribution in [2.45, 2.75) is 26.7 Å². The smallest absolute Gasteiger partial charge is 0.306 e. The van der Waals surface area contributed by atoms with Crippen LogP contribution in [0, 0.1) is 17.8 Å². The Labute approximate surface area is 73.3 Å². The van der Waals surface area contributed by atoms with Gasteiger partial charge in [-0.05, 0) is 24.7 Å². The van der Waals surface area contributed by atoms with E-state index < -0.39 is 5.97 Å². The van der Waals surface area contributed by atoms with Crippen LogP contribution in [0.1, 0.15) is 26.7 Å². The van der Waals surface area contributed by atoms with Crippen LogP contribution in [0.4, 0.5) is 0 Å². The van der Waals surface area contributed by atoms with Crippen molar-refractivity contribution in [2.75, 3.05) is 0 Å². The zero-order valence-corrected chi connectivity index (χ0v) is 7.66. The van der Waals surface area contributed by atoms with Crippen LogP contribution in [0.15, 0.2) is 12.2 Å². The first-order valence-electron chi connectivity index (χ1n) is 4.52. The molecule has 3 atom stereocenters. The fourth-order valence-electron chi connectivity index (χ4n) is 1.58. The van der Waals surface area contributed by atoms with E-state index in [0.717, 1.165) is 12.8 Å². The number of aliphatic carboxylic acids is 1. The van der Waals surface area contributed by atoms with E-state index in [1.165, 1.54) is 0 Å². The molecule has 0 bridgehead atoms. The summed E-state index contributed by atoms with van der Waals surface area (Å²) >= 11 is 0. The maximum Gasteiger partial charge on any atom is 0.306 e. The first-order valence-corrected chi connectivity index (χ1v) is 4.52. The molecule has 1 aliphatic carbocycles. The van der Waals surface area contributed by atoms with Gasteiger partial charge in [-0.3, -0.25) is 4.79 Å². The van der Waals surface area contributed by atoms with Gasteiger partial charge in [0, 0.05) is 0 Å². The molecule has 0 fully saturated rings. The zero-order valence-electron chi connectivity index (χ0n) is 7.66. The van der Waals surface area contributed by atoms with E-state index in [9.17, 15) is 4.79 Å². The normalized spacial score (nSPS) is 31.5. The SMILES string of the molecule is C[C@@H]1C=C[C@@H]([C@H](C)C(=O)O)CC1. The molecule has 0 amide bonds. The maximum absolute atomic E-state index is 10.6. The highest BCUT2D eigenvalue weighted by molar-refractivity contribution is 5.70. The molecule has 0 radical (unpaired) electrons. The summed E-state index contributed by atoms with van der Waals surface area (Å²) < 4.78 is 0. The van der Waals surface area contributed by atoms with Gasteiger partial charge < -0.3 is 5.11 Å². The number of carboxylic acid groups (broad SMARTS) is 1. The third-order valence-electron chi connectivity index (χ3n) is 2.67. The highest BCUT2D eigenvalue weighted by Gasteiger charge is 2.23. The molecule has 12 heavy (non-hydrogen) atoms. The maximum atomic E-state index is 10.6. The Morgan fingerprint density at radius 3 is 2.58 bits per heavy atom. The second kappa shape index (κ2) is 3.74. The van der Waals surface area contributed by atoms with Gasteiger partial charge in [-0.2, -0.15) is 0 Å². The molecule has 0 aromatic heterocycles. The summed E-state index contributed by atoms with van der Waals surface area (Å²) in [6.45, 7) is 3.95. The molecule has 0 spiro atoms. The Morgan fingerprint density at radius 1 is 1.50 bits per heavy atom. The average Bonchev–Trinajstić information content (AvgIpc) is 2.04. The fourth-order valence-corrected chi connectivity index (χ4v) is 1.58. The fraction of sp³-hybridized carbons (Fsp3) is 0.700. The lowest BCUT2D eigenvalue weighted by molar-refractivity contribution is -0.142. The topological polar surface area (TPSA) is 37.3 Å². The number of allylic oxidation sites excluding steroid dienone is 2. The highest BCUT2D eigenvalue weighted by Crippen LogP contribution is 2.27. The second-order valence-electron chi connectivity index (χ2n) is 3.73. The molecule has 0 saturated carbocycles. The molecule has 0 heterocycles. The van der Waals surface area contributed by atoms with Crippen molar-refractivity contribution in [1.29, 1.82) is 0 Å². The predicted molar refractivity (Wildman–Crippen MR) is 47.8 cm³/mol. The van der Waals surface area contributed by atoms with E-state index in [-0.39, 0.29) is 11.8 Å². The standard InChI is InChI=1S/C10H16O2/c1-7-3-5-9(6-4-7)8(2)10(11)12/h3,5,7-9H,4,6H2,1-2H3,(H,11,12)/t7-,8+,9-/m1/s1. The van der Waals surface area contributed by atoms with Gasteiger partial charge in [-0.25, -0.2) is 0 Å². The van der Waals surface area contributed by atoms with Gasteiger partial charge in [0.15, 0.2) is 0 Å². The molecule has 0 aromatic rings. The molecule has 1 aliphatic rings. The molecule has 0 aromatic carbocycles. The summed E-state index contributed by atoms with van der Waals surface area (Å²) in [5.41, 5.74) is 0. The van der Waals surface area contributed by atoms with Crippen LogP contribution >= 0.6 is 0 Å². The lowest BCUT2D eigenvalue weighted by Gasteiger charge is -2.22. The van der Waals surface area contributed by atoms with Crippen LogP contribution < -0.4 is 0 Å². The van der Waals surface area contributed by atoms with Crippen LogP contribution in [-0.2, 0) is 4.79 Å². The molecule has 2 heteroatoms. The van der Waals surface area contributed by atoms with Gasteiger partial charge in [0.25, 0.3) is 0 Å². The number of rotatable bonds is 2. The van der Waals surface area contributed by atoms with Crippen molar-refractivity contribution < 1.29 is 9.90 Å². The molecule has 0 aliphatic heterocycles. The molecule has 0 unspecified atom stereocenters. The average molecular weight is 168 g/mol. The van der Waals surface area contributed by atoms with E-state index in [4.69, 9.17) is 5.11 Å². The molecule has 1 N–H and O–H groups in total. The first kappa shape index (κ1) is 9.30. The van der Waals surface area contributed by atoms with E-state index in [2.05, 4.69) is 19.1 Å². The van der Waals surface area contributed by atoms with Gasteiger partial charge in [-0.15, -0.1) is 0 Å². The largest absolute Gasteiger partial charge is 0.481 e. The summed E-state index contributed by atoms with van der Waals surface area (Å²) in [4.78, 5) is 10.6. The van der Waals surface area contributed by atoms with Gasteiger partial charge in [0.05, 0.1) is 5.92 Å². The van der Waals surface area contributed by atoms with E-state index >= 15 is 0 Å². The highest BCUT2D eigenvalue weighted by atomic mass is 16.4. The molecule has 1 rings (SSSR count). The lowest BCUT2D eigenvalue weighted by atomic mass is 9.82. The van der Waals surface area contributed by atoms with Crippen molar-refractivity contribution in [3.8, 4) is 0 Å². The van der Waals surface area contributed by atoms with E-state index in [1.54, 1.807) is 6.92 Å². The van der Waals surface area contributed by atoms with Crippen LogP contribution in [-0.4, -0.2) is 11.1 Å². The summed E-state index contributed by atoms with van der Waals surface area (Å²) in [7, 11) is 0. The Balaban J connectivity index is 2.54. The Hall–Kier alpha value is -0.790. The van der Waals surface area contributed by atoms with E-state index in [0.29, 0.717) is 5.92 Å². The molecular formula is C10H16O2.